The molecule has 0 bridgehead atoms. The fraction of sp³-hybridized carbons (Fsp3) is 0.455. The van der Waals surface area contributed by atoms with Crippen molar-refractivity contribution < 1.29 is 4.79 Å². The van der Waals surface area contributed by atoms with Gasteiger partial charge in [0, 0.05) is 17.6 Å². The number of H-pyrrole nitrogens is 2. The number of Topliss-reactive ketones (excluding diaryl/α,β-unsaturated/α-hetero) is 1. The van der Waals surface area contributed by atoms with Crippen LogP contribution in [0.4, 0.5) is 0 Å². The first kappa shape index (κ1) is 15.9. The summed E-state index contributed by atoms with van der Waals surface area (Å²) >= 11 is 0. The fourth-order valence-corrected chi connectivity index (χ4v) is 5.14. The highest BCUT2D eigenvalue weighted by Gasteiger charge is 2.34. The molecule has 2 atom stereocenters. The number of hydrogen-bond donors (Lipinski definition) is 2. The van der Waals surface area contributed by atoms with Gasteiger partial charge in [-0.1, -0.05) is 6.92 Å². The molecule has 2 aromatic rings. The molecule has 3 heterocycles. The van der Waals surface area contributed by atoms with Crippen LogP contribution in [0.3, 0.4) is 0 Å². The van der Waals surface area contributed by atoms with Crippen molar-refractivity contribution in [3.05, 3.63) is 52.2 Å². The third-order valence-electron chi connectivity index (χ3n) is 6.40. The molecule has 0 fully saturated rings. The summed E-state index contributed by atoms with van der Waals surface area (Å²) in [6.07, 6.45) is 11.8. The minimum atomic E-state index is 0.120. The summed E-state index contributed by atoms with van der Waals surface area (Å²) in [6, 6.07) is 3.92. The number of hydrogen-bond acceptors (Lipinski definition) is 2. The Labute approximate surface area is 153 Å². The number of ketones is 1. The number of nitrogens with zero attached hydrogens (tertiary/aromatic N) is 1. The number of carbonyl (C=O) groups excluding carboxylic acids is 1. The average molecular weight is 347 g/mol. The van der Waals surface area contributed by atoms with E-state index in [0.29, 0.717) is 18.0 Å². The molecule has 1 aliphatic heterocycles. The molecule has 4 nitrogen and oxygen atoms in total. The molecular formula is C22H25N3O. The molecule has 2 unspecified atom stereocenters. The van der Waals surface area contributed by atoms with Gasteiger partial charge in [-0.2, -0.15) is 0 Å². The first-order chi connectivity index (χ1) is 12.7. The quantitative estimate of drug-likeness (QED) is 0.766. The molecule has 0 saturated heterocycles. The van der Waals surface area contributed by atoms with E-state index in [4.69, 9.17) is 0 Å². The van der Waals surface area contributed by atoms with Crippen molar-refractivity contribution in [1.82, 2.24) is 9.97 Å². The summed E-state index contributed by atoms with van der Waals surface area (Å²) in [5.41, 5.74) is 8.03. The first-order valence-electron chi connectivity index (χ1n) is 9.95. The summed E-state index contributed by atoms with van der Waals surface area (Å²) < 4.78 is 0. The Hall–Kier alpha value is -2.36. The predicted octanol–water partition coefficient (Wildman–Crippen LogP) is 4.85. The number of nitrogens with one attached hydrogen (secondary N) is 2. The predicted molar refractivity (Wildman–Crippen MR) is 104 cm³/mol. The Bertz CT molecular complexity index is 914. The summed E-state index contributed by atoms with van der Waals surface area (Å²) in [4.78, 5) is 24.0. The highest BCUT2D eigenvalue weighted by atomic mass is 16.1. The normalized spacial score (nSPS) is 26.3. The number of aryl methyl sites for hydroxylation is 1. The van der Waals surface area contributed by atoms with Crippen LogP contribution in [0.1, 0.15) is 85.5 Å². The van der Waals surface area contributed by atoms with E-state index in [-0.39, 0.29) is 5.78 Å². The van der Waals surface area contributed by atoms with Gasteiger partial charge in [0.1, 0.15) is 5.70 Å². The summed E-state index contributed by atoms with van der Waals surface area (Å²) in [7, 11) is 0. The summed E-state index contributed by atoms with van der Waals surface area (Å²) in [5.74, 6) is 1.45. The molecule has 0 saturated carbocycles. The molecule has 3 aliphatic rings. The standard InChI is InChI=1S/C22H25N3O/c1-2-13-8-9-14-5-3-6-16-22(14)21(13)19(24-16)11-18-20(26)12-17(25-18)15-7-4-10-23-15/h4,7,10-11,13-14,23-24H,2-3,5-6,8-9,12H2,1H3. The van der Waals surface area contributed by atoms with Crippen LogP contribution in [0.25, 0.3) is 6.08 Å². The van der Waals surface area contributed by atoms with Gasteiger partial charge in [-0.15, -0.1) is 0 Å². The highest BCUT2D eigenvalue weighted by molar-refractivity contribution is 6.22. The van der Waals surface area contributed by atoms with E-state index in [1.807, 2.05) is 24.4 Å². The molecule has 0 amide bonds. The number of rotatable bonds is 3. The molecule has 26 heavy (non-hydrogen) atoms. The van der Waals surface area contributed by atoms with Crippen molar-refractivity contribution in [1.29, 1.82) is 0 Å². The van der Waals surface area contributed by atoms with Gasteiger partial charge in [0.2, 0.25) is 0 Å². The van der Waals surface area contributed by atoms with E-state index in [1.165, 1.54) is 36.9 Å². The van der Waals surface area contributed by atoms with Crippen molar-refractivity contribution in [2.24, 2.45) is 4.99 Å². The molecule has 0 radical (unpaired) electrons. The van der Waals surface area contributed by atoms with Crippen LogP contribution in [0.2, 0.25) is 0 Å². The molecular weight excluding hydrogens is 322 g/mol. The Kier molecular flexibility index (Phi) is 3.73. The lowest BCUT2D eigenvalue weighted by atomic mass is 9.71. The lowest BCUT2D eigenvalue weighted by Gasteiger charge is -2.32. The second-order valence-corrected chi connectivity index (χ2v) is 7.89. The van der Waals surface area contributed by atoms with E-state index in [1.54, 1.807) is 5.56 Å². The zero-order valence-electron chi connectivity index (χ0n) is 15.3. The number of aromatic amines is 2. The van der Waals surface area contributed by atoms with E-state index >= 15 is 0 Å². The maximum absolute atomic E-state index is 12.5. The van der Waals surface area contributed by atoms with Crippen molar-refractivity contribution >= 4 is 17.6 Å². The van der Waals surface area contributed by atoms with Crippen LogP contribution < -0.4 is 0 Å². The SMILES string of the molecule is CCC1CCC2CCCc3[nH]c(C=C4N=C(c5ccc[nH]5)CC4=O)c1c32. The second-order valence-electron chi connectivity index (χ2n) is 7.89. The Morgan fingerprint density at radius 2 is 2.19 bits per heavy atom. The lowest BCUT2D eigenvalue weighted by molar-refractivity contribution is -0.114. The zero-order valence-corrected chi connectivity index (χ0v) is 15.3. The molecule has 2 aromatic heterocycles. The Morgan fingerprint density at radius 1 is 1.27 bits per heavy atom. The van der Waals surface area contributed by atoms with Gasteiger partial charge in [0.05, 0.1) is 17.8 Å². The number of aliphatic imine (C=N–C) groups is 1. The average Bonchev–Trinajstić information content (AvgIpc) is 3.37. The maximum atomic E-state index is 12.5. The van der Waals surface area contributed by atoms with Crippen molar-refractivity contribution in [3.8, 4) is 0 Å². The third-order valence-corrected chi connectivity index (χ3v) is 6.40. The van der Waals surface area contributed by atoms with Crippen LogP contribution in [0, 0.1) is 0 Å². The van der Waals surface area contributed by atoms with Crippen molar-refractivity contribution in [2.75, 3.05) is 0 Å². The molecule has 0 spiro atoms. The van der Waals surface area contributed by atoms with Gasteiger partial charge in [-0.3, -0.25) is 4.79 Å². The minimum absolute atomic E-state index is 0.120. The first-order valence-corrected chi connectivity index (χ1v) is 9.95. The van der Waals surface area contributed by atoms with Gasteiger partial charge in [-0.25, -0.2) is 4.99 Å². The van der Waals surface area contributed by atoms with Crippen LogP contribution in [0.5, 0.6) is 0 Å². The molecule has 2 aliphatic carbocycles. The zero-order chi connectivity index (χ0) is 17.7. The van der Waals surface area contributed by atoms with Gasteiger partial charge >= 0.3 is 0 Å². The number of allylic oxidation sites excluding steroid dienone is 1. The largest absolute Gasteiger partial charge is 0.360 e. The number of aromatic nitrogens is 2. The minimum Gasteiger partial charge on any atom is -0.360 e. The van der Waals surface area contributed by atoms with Crippen molar-refractivity contribution in [2.45, 2.75) is 63.7 Å². The summed E-state index contributed by atoms with van der Waals surface area (Å²) in [6.45, 7) is 2.28. The highest BCUT2D eigenvalue weighted by Crippen LogP contribution is 2.48. The third kappa shape index (κ3) is 2.43. The Balaban J connectivity index is 1.59. The molecule has 2 N–H and O–H groups in total. The van der Waals surface area contributed by atoms with E-state index in [0.717, 1.165) is 35.9 Å². The van der Waals surface area contributed by atoms with Crippen LogP contribution in [-0.2, 0) is 11.2 Å². The van der Waals surface area contributed by atoms with Crippen LogP contribution >= 0.6 is 0 Å². The Morgan fingerprint density at radius 3 is 3.00 bits per heavy atom. The smallest absolute Gasteiger partial charge is 0.187 e. The molecule has 0 aromatic carbocycles. The fourth-order valence-electron chi connectivity index (χ4n) is 5.14. The number of carbonyl (C=O) groups is 1. The van der Waals surface area contributed by atoms with E-state index in [9.17, 15) is 4.79 Å². The second kappa shape index (κ2) is 6.11. The van der Waals surface area contributed by atoms with Crippen molar-refractivity contribution in [3.63, 3.8) is 0 Å². The molecule has 5 rings (SSSR count). The van der Waals surface area contributed by atoms with Crippen LogP contribution in [0.15, 0.2) is 29.0 Å². The molecule has 4 heteroatoms. The topological polar surface area (TPSA) is 61.0 Å². The monoisotopic (exact) mass is 347 g/mol. The van der Waals surface area contributed by atoms with Crippen LogP contribution in [-0.4, -0.2) is 21.5 Å². The van der Waals surface area contributed by atoms with E-state index in [2.05, 4.69) is 21.9 Å². The molecule has 134 valence electrons. The van der Waals surface area contributed by atoms with E-state index < -0.39 is 0 Å². The van der Waals surface area contributed by atoms with Gasteiger partial charge in [0.25, 0.3) is 0 Å². The van der Waals surface area contributed by atoms with Gasteiger partial charge < -0.3 is 9.97 Å². The van der Waals surface area contributed by atoms with Gasteiger partial charge in [-0.05, 0) is 79.7 Å². The summed E-state index contributed by atoms with van der Waals surface area (Å²) in [5, 5.41) is 0. The maximum Gasteiger partial charge on any atom is 0.187 e. The van der Waals surface area contributed by atoms with Gasteiger partial charge in [0.15, 0.2) is 5.78 Å². The lowest BCUT2D eigenvalue weighted by Crippen LogP contribution is -2.17.